The molecule has 0 fully saturated rings. The van der Waals surface area contributed by atoms with Crippen molar-refractivity contribution in [2.24, 2.45) is 0 Å². The summed E-state index contributed by atoms with van der Waals surface area (Å²) in [7, 11) is 1.95. The normalized spacial score (nSPS) is 22.9. The van der Waals surface area contributed by atoms with Gasteiger partial charge in [0.25, 0.3) is 0 Å². The smallest absolute Gasteiger partial charge is 0.416 e. The molecule has 1 aliphatic rings. The van der Waals surface area contributed by atoms with Gasteiger partial charge in [0, 0.05) is 16.6 Å². The second-order valence-electron chi connectivity index (χ2n) is 5.86. The van der Waals surface area contributed by atoms with Crippen molar-refractivity contribution in [1.29, 1.82) is 0 Å². The molecule has 0 spiro atoms. The van der Waals surface area contributed by atoms with Gasteiger partial charge in [-0.2, -0.15) is 0 Å². The minimum absolute atomic E-state index is 0.115. The van der Waals surface area contributed by atoms with Gasteiger partial charge in [-0.3, -0.25) is 9.47 Å². The van der Waals surface area contributed by atoms with Crippen molar-refractivity contribution < 1.29 is 9.66 Å². The third kappa shape index (κ3) is 2.66. The summed E-state index contributed by atoms with van der Waals surface area (Å²) in [6.07, 6.45) is 1.42. The van der Waals surface area contributed by atoms with Crippen molar-refractivity contribution >= 4 is 17.4 Å². The largest absolute Gasteiger partial charge is 0.422 e. The van der Waals surface area contributed by atoms with Crippen LogP contribution in [0.15, 0.2) is 30.5 Å². The van der Waals surface area contributed by atoms with Crippen LogP contribution >= 0.6 is 11.6 Å². The highest BCUT2D eigenvalue weighted by atomic mass is 35.5. The Kier molecular flexibility index (Phi) is 3.77. The van der Waals surface area contributed by atoms with E-state index in [1.54, 1.807) is 4.57 Å². The molecule has 23 heavy (non-hydrogen) atoms. The molecule has 1 aliphatic heterocycles. The average molecular weight is 337 g/mol. The second kappa shape index (κ2) is 5.50. The molecule has 1 unspecified atom stereocenters. The number of halogens is 1. The standard InChI is InChI=1S/C15H17ClN4O3/c1-10-15(2,18(3)8-11-4-6-12(16)7-5-11)23-14-17-13(20(21)22)9-19(10)14/h4-7,9-10H,8H2,1-3H3/t10?,15-/m0/s1. The second-order valence-corrected chi connectivity index (χ2v) is 6.30. The van der Waals surface area contributed by atoms with Crippen LogP contribution in [0.3, 0.4) is 0 Å². The van der Waals surface area contributed by atoms with E-state index in [0.717, 1.165) is 5.56 Å². The SMILES string of the molecule is CC1n2cc([N+](=O)[O-])nc2O[C@]1(C)N(C)Cc1ccc(Cl)cc1. The van der Waals surface area contributed by atoms with Gasteiger partial charge in [0.15, 0.2) is 5.72 Å². The molecule has 2 heterocycles. The molecule has 0 amide bonds. The number of aromatic nitrogens is 2. The fourth-order valence-corrected chi connectivity index (χ4v) is 2.88. The highest BCUT2D eigenvalue weighted by Crippen LogP contribution is 2.41. The zero-order chi connectivity index (χ0) is 16.8. The van der Waals surface area contributed by atoms with E-state index in [-0.39, 0.29) is 17.9 Å². The molecule has 8 heteroatoms. The molecule has 122 valence electrons. The third-order valence-electron chi connectivity index (χ3n) is 4.45. The highest BCUT2D eigenvalue weighted by Gasteiger charge is 2.49. The van der Waals surface area contributed by atoms with Crippen molar-refractivity contribution in [3.05, 3.63) is 51.2 Å². The predicted molar refractivity (Wildman–Crippen MR) is 85.5 cm³/mol. The van der Waals surface area contributed by atoms with Gasteiger partial charge in [-0.05, 0) is 43.5 Å². The lowest BCUT2D eigenvalue weighted by Gasteiger charge is -2.36. The summed E-state index contributed by atoms with van der Waals surface area (Å²) in [4.78, 5) is 16.3. The minimum Gasteiger partial charge on any atom is -0.422 e. The van der Waals surface area contributed by atoms with Crippen molar-refractivity contribution in [2.45, 2.75) is 32.2 Å². The number of rotatable bonds is 4. The Balaban J connectivity index is 1.80. The Labute approximate surface area is 138 Å². The molecule has 0 radical (unpaired) electrons. The van der Waals surface area contributed by atoms with Crippen LogP contribution in [0, 0.1) is 10.1 Å². The van der Waals surface area contributed by atoms with Gasteiger partial charge >= 0.3 is 11.8 Å². The van der Waals surface area contributed by atoms with E-state index in [1.165, 1.54) is 6.20 Å². The topological polar surface area (TPSA) is 73.4 Å². The number of imidazole rings is 1. The Morgan fingerprint density at radius 1 is 1.48 bits per heavy atom. The van der Waals surface area contributed by atoms with E-state index in [4.69, 9.17) is 16.3 Å². The van der Waals surface area contributed by atoms with Gasteiger partial charge in [0.2, 0.25) is 0 Å². The Hall–Kier alpha value is -2.12. The molecule has 0 saturated heterocycles. The minimum atomic E-state index is -0.642. The number of ether oxygens (including phenoxy) is 1. The van der Waals surface area contributed by atoms with E-state index in [1.807, 2.05) is 45.2 Å². The molecule has 1 aromatic carbocycles. The number of nitro groups is 1. The first-order chi connectivity index (χ1) is 10.8. The van der Waals surface area contributed by atoms with Crippen molar-refractivity contribution in [3.63, 3.8) is 0 Å². The lowest BCUT2D eigenvalue weighted by atomic mass is 10.1. The summed E-state index contributed by atoms with van der Waals surface area (Å²) in [5, 5.41) is 11.5. The van der Waals surface area contributed by atoms with Gasteiger partial charge in [0.1, 0.15) is 6.20 Å². The lowest BCUT2D eigenvalue weighted by Crippen LogP contribution is -2.49. The summed E-state index contributed by atoms with van der Waals surface area (Å²) in [5.41, 5.74) is 0.460. The molecular formula is C15H17ClN4O3. The van der Waals surface area contributed by atoms with Gasteiger partial charge in [0.05, 0.1) is 6.04 Å². The van der Waals surface area contributed by atoms with Crippen molar-refractivity contribution in [3.8, 4) is 6.01 Å². The molecule has 1 aromatic heterocycles. The molecule has 0 N–H and O–H groups in total. The van der Waals surface area contributed by atoms with Gasteiger partial charge in [-0.15, -0.1) is 0 Å². The zero-order valence-electron chi connectivity index (χ0n) is 13.1. The first-order valence-electron chi connectivity index (χ1n) is 7.19. The first-order valence-corrected chi connectivity index (χ1v) is 7.57. The van der Waals surface area contributed by atoms with Crippen molar-refractivity contribution in [2.75, 3.05) is 7.05 Å². The molecular weight excluding hydrogens is 320 g/mol. The van der Waals surface area contributed by atoms with Crippen LogP contribution in [-0.2, 0) is 6.54 Å². The summed E-state index contributed by atoms with van der Waals surface area (Å²) in [5.74, 6) is -0.200. The zero-order valence-corrected chi connectivity index (χ0v) is 13.8. The summed E-state index contributed by atoms with van der Waals surface area (Å²) < 4.78 is 7.65. The summed E-state index contributed by atoms with van der Waals surface area (Å²) in [6.45, 7) is 4.57. The summed E-state index contributed by atoms with van der Waals surface area (Å²) in [6, 6.07) is 7.78. The molecule has 0 aliphatic carbocycles. The fourth-order valence-electron chi connectivity index (χ4n) is 2.75. The number of nitrogens with zero attached hydrogens (tertiary/aromatic N) is 4. The molecule has 3 rings (SSSR count). The van der Waals surface area contributed by atoms with Crippen LogP contribution in [0.4, 0.5) is 5.82 Å². The van der Waals surface area contributed by atoms with Gasteiger partial charge in [-0.1, -0.05) is 23.7 Å². The average Bonchev–Trinajstić information content (AvgIpc) is 3.01. The van der Waals surface area contributed by atoms with Crippen LogP contribution < -0.4 is 4.74 Å². The Morgan fingerprint density at radius 3 is 2.70 bits per heavy atom. The van der Waals surface area contributed by atoms with Crippen LogP contribution in [0.25, 0.3) is 0 Å². The van der Waals surface area contributed by atoms with Crippen LogP contribution in [0.1, 0.15) is 25.5 Å². The monoisotopic (exact) mass is 336 g/mol. The molecule has 7 nitrogen and oxygen atoms in total. The lowest BCUT2D eigenvalue weighted by molar-refractivity contribution is -0.389. The van der Waals surface area contributed by atoms with Crippen LogP contribution in [0.5, 0.6) is 6.01 Å². The third-order valence-corrected chi connectivity index (χ3v) is 4.71. The maximum atomic E-state index is 10.8. The van der Waals surface area contributed by atoms with Crippen LogP contribution in [-0.4, -0.2) is 32.1 Å². The Morgan fingerprint density at radius 2 is 2.13 bits per heavy atom. The molecule has 0 saturated carbocycles. The van der Waals surface area contributed by atoms with Crippen LogP contribution in [0.2, 0.25) is 5.02 Å². The number of benzene rings is 1. The fraction of sp³-hybridized carbons (Fsp3) is 0.400. The van der Waals surface area contributed by atoms with Crippen molar-refractivity contribution in [1.82, 2.24) is 14.5 Å². The highest BCUT2D eigenvalue weighted by molar-refractivity contribution is 6.30. The summed E-state index contributed by atoms with van der Waals surface area (Å²) >= 11 is 5.91. The van der Waals surface area contributed by atoms with Gasteiger partial charge < -0.3 is 14.9 Å². The number of fused-ring (bicyclic) bond motifs is 1. The van der Waals surface area contributed by atoms with E-state index < -0.39 is 10.6 Å². The van der Waals surface area contributed by atoms with Gasteiger partial charge in [-0.25, -0.2) is 0 Å². The Bertz CT molecular complexity index is 746. The maximum Gasteiger partial charge on any atom is 0.416 e. The predicted octanol–water partition coefficient (Wildman–Crippen LogP) is 3.25. The molecule has 2 aromatic rings. The molecule has 0 bridgehead atoms. The number of likely N-dealkylation sites (N-methyl/N-ethyl adjacent to an activating group) is 1. The van der Waals surface area contributed by atoms with E-state index in [2.05, 4.69) is 9.88 Å². The first kappa shape index (κ1) is 15.8. The maximum absolute atomic E-state index is 10.8. The molecule has 2 atom stereocenters. The van der Waals surface area contributed by atoms with E-state index in [0.29, 0.717) is 11.6 Å². The number of hydrogen-bond acceptors (Lipinski definition) is 5. The van der Waals surface area contributed by atoms with E-state index in [9.17, 15) is 10.1 Å². The van der Waals surface area contributed by atoms with E-state index >= 15 is 0 Å². The number of hydrogen-bond donors (Lipinski definition) is 0. The quantitative estimate of drug-likeness (QED) is 0.633.